The lowest BCUT2D eigenvalue weighted by Gasteiger charge is -2.13. The van der Waals surface area contributed by atoms with E-state index in [0.29, 0.717) is 0 Å². The average Bonchev–Trinajstić information content (AvgIpc) is 3.28. The maximum atomic E-state index is 12.3. The van der Waals surface area contributed by atoms with Crippen LogP contribution in [0.4, 0.5) is 5.69 Å². The summed E-state index contributed by atoms with van der Waals surface area (Å²) in [5.74, 6) is 1.08. The van der Waals surface area contributed by atoms with Crippen LogP contribution in [0.25, 0.3) is 11.4 Å². The summed E-state index contributed by atoms with van der Waals surface area (Å²) >= 11 is 6.53. The minimum atomic E-state index is -0.0639. The summed E-state index contributed by atoms with van der Waals surface area (Å²) in [7, 11) is 0. The number of carbonyl (C=O) groups excluding carboxylic acids is 1. The van der Waals surface area contributed by atoms with Crippen LogP contribution in [0.5, 0.6) is 0 Å². The van der Waals surface area contributed by atoms with Crippen LogP contribution in [0.3, 0.4) is 0 Å². The van der Waals surface area contributed by atoms with Crippen LogP contribution in [0.15, 0.2) is 45.3 Å². The van der Waals surface area contributed by atoms with E-state index in [1.165, 1.54) is 16.6 Å². The fourth-order valence-corrected chi connectivity index (χ4v) is 4.53. The van der Waals surface area contributed by atoms with Crippen LogP contribution in [-0.2, 0) is 11.2 Å². The molecule has 0 fully saturated rings. The Labute approximate surface area is 175 Å². The van der Waals surface area contributed by atoms with Gasteiger partial charge in [-0.3, -0.25) is 9.36 Å². The number of halogens is 1. The van der Waals surface area contributed by atoms with Gasteiger partial charge in [-0.1, -0.05) is 34.6 Å². The Hall–Kier alpha value is -1.64. The largest absolute Gasteiger partial charge is 0.325 e. The maximum Gasteiger partial charge on any atom is 0.234 e. The summed E-state index contributed by atoms with van der Waals surface area (Å²) in [5.41, 5.74) is 1.87. The molecule has 1 amide bonds. The smallest absolute Gasteiger partial charge is 0.234 e. The van der Waals surface area contributed by atoms with E-state index >= 15 is 0 Å². The fourth-order valence-electron chi connectivity index (χ4n) is 2.58. The first-order chi connectivity index (χ1) is 13.0. The van der Waals surface area contributed by atoms with Crippen LogP contribution in [0.1, 0.15) is 31.7 Å². The van der Waals surface area contributed by atoms with Crippen LogP contribution >= 0.6 is 39.0 Å². The number of anilines is 1. The van der Waals surface area contributed by atoms with Gasteiger partial charge in [0.25, 0.3) is 0 Å². The van der Waals surface area contributed by atoms with Gasteiger partial charge in [0.05, 0.1) is 5.75 Å². The zero-order valence-corrected chi connectivity index (χ0v) is 18.6. The molecular formula is C19H21BrN4OS2. The average molecular weight is 465 g/mol. The number of rotatable bonds is 7. The molecule has 0 spiro atoms. The van der Waals surface area contributed by atoms with Crippen molar-refractivity contribution in [2.45, 2.75) is 38.4 Å². The number of amides is 1. The molecule has 0 radical (unpaired) electrons. The second-order valence-corrected chi connectivity index (χ2v) is 9.12. The van der Waals surface area contributed by atoms with Crippen molar-refractivity contribution in [2.24, 2.45) is 0 Å². The zero-order chi connectivity index (χ0) is 19.4. The molecule has 142 valence electrons. The minimum Gasteiger partial charge on any atom is -0.325 e. The SMILES string of the molecule is CCc1cc(-c2nnc(SCC(=O)Nc3ccc(Br)cc3)n2C(C)C)cs1. The predicted octanol–water partition coefficient (Wildman–Crippen LogP) is 5.64. The molecule has 5 nitrogen and oxygen atoms in total. The Bertz CT molecular complexity index is 918. The topological polar surface area (TPSA) is 59.8 Å². The van der Waals surface area contributed by atoms with E-state index in [0.717, 1.165) is 33.1 Å². The molecule has 3 rings (SSSR count). The summed E-state index contributed by atoms with van der Waals surface area (Å²) in [6.07, 6.45) is 1.01. The third kappa shape index (κ3) is 5.00. The highest BCUT2D eigenvalue weighted by Gasteiger charge is 2.18. The molecule has 0 bridgehead atoms. The third-order valence-corrected chi connectivity index (χ3v) is 6.45. The molecule has 0 saturated heterocycles. The number of thiophene rings is 1. The Kier molecular flexibility index (Phi) is 6.73. The highest BCUT2D eigenvalue weighted by molar-refractivity contribution is 9.10. The number of nitrogens with zero attached hydrogens (tertiary/aromatic N) is 3. The molecule has 2 heterocycles. The summed E-state index contributed by atoms with van der Waals surface area (Å²) in [4.78, 5) is 13.6. The molecule has 1 aromatic carbocycles. The van der Waals surface area contributed by atoms with Gasteiger partial charge in [-0.15, -0.1) is 21.5 Å². The summed E-state index contributed by atoms with van der Waals surface area (Å²) in [5, 5.41) is 14.5. The van der Waals surface area contributed by atoms with Gasteiger partial charge in [0.1, 0.15) is 0 Å². The van der Waals surface area contributed by atoms with E-state index in [4.69, 9.17) is 0 Å². The molecule has 8 heteroatoms. The number of benzene rings is 1. The second-order valence-electron chi connectivity index (χ2n) is 6.27. The molecule has 2 aromatic heterocycles. The molecule has 3 aromatic rings. The van der Waals surface area contributed by atoms with Gasteiger partial charge in [0, 0.05) is 32.0 Å². The van der Waals surface area contributed by atoms with Crippen molar-refractivity contribution in [3.63, 3.8) is 0 Å². The molecule has 27 heavy (non-hydrogen) atoms. The summed E-state index contributed by atoms with van der Waals surface area (Å²) in [6, 6.07) is 9.90. The second kappa shape index (κ2) is 9.03. The molecule has 0 atom stereocenters. The van der Waals surface area contributed by atoms with E-state index in [1.807, 2.05) is 24.3 Å². The number of aryl methyl sites for hydroxylation is 1. The highest BCUT2D eigenvalue weighted by atomic mass is 79.9. The molecule has 0 aliphatic carbocycles. The number of aromatic nitrogens is 3. The van der Waals surface area contributed by atoms with Gasteiger partial charge < -0.3 is 5.32 Å². The van der Waals surface area contributed by atoms with Crippen molar-refractivity contribution in [1.82, 2.24) is 14.8 Å². The van der Waals surface area contributed by atoms with Crippen LogP contribution in [-0.4, -0.2) is 26.4 Å². The predicted molar refractivity (Wildman–Crippen MR) is 117 cm³/mol. The molecule has 0 unspecified atom stereocenters. The first-order valence-electron chi connectivity index (χ1n) is 8.68. The van der Waals surface area contributed by atoms with Gasteiger partial charge in [0.15, 0.2) is 11.0 Å². The first kappa shape index (κ1) is 20.1. The summed E-state index contributed by atoms with van der Waals surface area (Å²) < 4.78 is 3.08. The summed E-state index contributed by atoms with van der Waals surface area (Å²) in [6.45, 7) is 6.35. The lowest BCUT2D eigenvalue weighted by molar-refractivity contribution is -0.113. The van der Waals surface area contributed by atoms with Crippen LogP contribution in [0.2, 0.25) is 0 Å². The quantitative estimate of drug-likeness (QED) is 0.459. The standard InChI is InChI=1S/C19H21BrN4OS2/c1-4-16-9-13(10-26-16)18-22-23-19(24(18)12(2)3)27-11-17(25)21-15-7-5-14(20)6-8-15/h5-10,12H,4,11H2,1-3H3,(H,21,25). The number of hydrogen-bond acceptors (Lipinski definition) is 5. The normalized spacial score (nSPS) is 11.1. The lowest BCUT2D eigenvalue weighted by atomic mass is 10.2. The lowest BCUT2D eigenvalue weighted by Crippen LogP contribution is -2.15. The Morgan fingerprint density at radius 1 is 1.30 bits per heavy atom. The maximum absolute atomic E-state index is 12.3. The van der Waals surface area contributed by atoms with Crippen molar-refractivity contribution in [3.8, 4) is 11.4 Å². The van der Waals surface area contributed by atoms with Gasteiger partial charge in [-0.2, -0.15) is 0 Å². The van der Waals surface area contributed by atoms with Crippen LogP contribution < -0.4 is 5.32 Å². The van der Waals surface area contributed by atoms with E-state index < -0.39 is 0 Å². The zero-order valence-electron chi connectivity index (χ0n) is 15.4. The van der Waals surface area contributed by atoms with E-state index in [2.05, 4.69) is 68.2 Å². The number of carbonyl (C=O) groups is 1. The van der Waals surface area contributed by atoms with Crippen molar-refractivity contribution in [1.29, 1.82) is 0 Å². The van der Waals surface area contributed by atoms with Gasteiger partial charge in [-0.25, -0.2) is 0 Å². The van der Waals surface area contributed by atoms with E-state index in [-0.39, 0.29) is 17.7 Å². The van der Waals surface area contributed by atoms with Crippen molar-refractivity contribution < 1.29 is 4.79 Å². The molecular weight excluding hydrogens is 444 g/mol. The molecule has 1 N–H and O–H groups in total. The van der Waals surface area contributed by atoms with Gasteiger partial charge >= 0.3 is 0 Å². The van der Waals surface area contributed by atoms with Gasteiger partial charge in [0.2, 0.25) is 5.91 Å². The van der Waals surface area contributed by atoms with Crippen molar-refractivity contribution in [2.75, 3.05) is 11.1 Å². The third-order valence-electron chi connectivity index (χ3n) is 3.90. The number of thioether (sulfide) groups is 1. The molecule has 0 aliphatic heterocycles. The Morgan fingerprint density at radius 3 is 2.67 bits per heavy atom. The number of hydrogen-bond donors (Lipinski definition) is 1. The minimum absolute atomic E-state index is 0.0639. The van der Waals surface area contributed by atoms with Crippen molar-refractivity contribution in [3.05, 3.63) is 45.1 Å². The van der Waals surface area contributed by atoms with E-state index in [9.17, 15) is 4.79 Å². The molecule has 0 aliphatic rings. The fraction of sp³-hybridized carbons (Fsp3) is 0.316. The number of nitrogens with one attached hydrogen (secondary N) is 1. The van der Waals surface area contributed by atoms with Gasteiger partial charge in [-0.05, 0) is 50.6 Å². The highest BCUT2D eigenvalue weighted by Crippen LogP contribution is 2.30. The first-order valence-corrected chi connectivity index (χ1v) is 11.3. The monoisotopic (exact) mass is 464 g/mol. The Balaban J connectivity index is 1.71. The van der Waals surface area contributed by atoms with Crippen LogP contribution in [0, 0.1) is 0 Å². The molecule has 0 saturated carbocycles. The van der Waals surface area contributed by atoms with E-state index in [1.54, 1.807) is 11.3 Å². The van der Waals surface area contributed by atoms with Crippen molar-refractivity contribution >= 4 is 50.6 Å². The Morgan fingerprint density at radius 2 is 2.04 bits per heavy atom.